The van der Waals surface area contributed by atoms with E-state index >= 15 is 0 Å². The number of thioether (sulfide) groups is 1. The maximum atomic E-state index is 6.15. The topological polar surface area (TPSA) is 26.0 Å². The Bertz CT molecular complexity index is 308. The lowest BCUT2D eigenvalue weighted by Crippen LogP contribution is -2.10. The van der Waals surface area contributed by atoms with Gasteiger partial charge in [-0.25, -0.2) is 0 Å². The van der Waals surface area contributed by atoms with Gasteiger partial charge in [0.15, 0.2) is 0 Å². The molecule has 0 unspecified atom stereocenters. The zero-order chi connectivity index (χ0) is 10.7. The van der Waals surface area contributed by atoms with E-state index in [1.165, 1.54) is 29.7 Å². The Morgan fingerprint density at radius 3 is 2.44 bits per heavy atom. The van der Waals surface area contributed by atoms with Crippen LogP contribution in [0, 0.1) is 5.92 Å². The first-order chi connectivity index (χ1) is 7.29. The first-order valence-electron chi connectivity index (χ1n) is 5.78. The Balaban J connectivity index is 0.00000128. The summed E-state index contributed by atoms with van der Waals surface area (Å²) in [7, 11) is 0. The lowest BCUT2D eigenvalue weighted by Gasteiger charge is -2.11. The predicted octanol–water partition coefficient (Wildman–Crippen LogP) is 4.02. The van der Waals surface area contributed by atoms with Crippen molar-refractivity contribution in [3.05, 3.63) is 29.8 Å². The van der Waals surface area contributed by atoms with E-state index in [0.717, 1.165) is 11.7 Å². The lowest BCUT2D eigenvalue weighted by atomic mass is 10.0. The van der Waals surface area contributed by atoms with E-state index in [0.29, 0.717) is 0 Å². The summed E-state index contributed by atoms with van der Waals surface area (Å²) >= 11 is 1.88. The predicted molar refractivity (Wildman–Crippen MR) is 74.4 cm³/mol. The van der Waals surface area contributed by atoms with Gasteiger partial charge in [0.1, 0.15) is 0 Å². The van der Waals surface area contributed by atoms with Gasteiger partial charge in [0, 0.05) is 10.9 Å². The summed E-state index contributed by atoms with van der Waals surface area (Å²) in [5.74, 6) is 2.04. The number of halogens is 1. The second-order valence-corrected chi connectivity index (χ2v) is 5.63. The van der Waals surface area contributed by atoms with Crippen LogP contribution in [0.1, 0.15) is 37.8 Å². The Labute approximate surface area is 109 Å². The Hall–Kier alpha value is -0.180. The molecule has 2 rings (SSSR count). The van der Waals surface area contributed by atoms with E-state index in [1.807, 2.05) is 11.8 Å². The molecule has 2 N–H and O–H groups in total. The first kappa shape index (κ1) is 13.9. The van der Waals surface area contributed by atoms with Crippen LogP contribution in [0.15, 0.2) is 29.2 Å². The average Bonchev–Trinajstić information content (AvgIpc) is 3.03. The highest BCUT2D eigenvalue weighted by Gasteiger charge is 2.24. The molecule has 0 heterocycles. The molecule has 1 aliphatic rings. The van der Waals surface area contributed by atoms with Crippen molar-refractivity contribution in [2.24, 2.45) is 11.7 Å². The van der Waals surface area contributed by atoms with Gasteiger partial charge in [-0.1, -0.05) is 31.9 Å². The molecule has 0 saturated heterocycles. The van der Waals surface area contributed by atoms with Gasteiger partial charge >= 0.3 is 0 Å². The summed E-state index contributed by atoms with van der Waals surface area (Å²) in [5, 5.41) is 0. The molecule has 1 fully saturated rings. The molecule has 0 aromatic heterocycles. The fourth-order valence-corrected chi connectivity index (χ4v) is 2.49. The second-order valence-electron chi connectivity index (χ2n) is 4.29. The van der Waals surface area contributed by atoms with Crippen LogP contribution >= 0.6 is 24.2 Å². The van der Waals surface area contributed by atoms with Crippen LogP contribution in [-0.4, -0.2) is 5.75 Å². The SMILES string of the molecule is CCSc1ccc([C@H](N)CC2CC2)cc1.Cl. The fourth-order valence-electron chi connectivity index (χ4n) is 1.83. The quantitative estimate of drug-likeness (QED) is 0.807. The van der Waals surface area contributed by atoms with Crippen molar-refractivity contribution in [2.75, 3.05) is 5.75 Å². The minimum Gasteiger partial charge on any atom is -0.324 e. The normalized spacial score (nSPS) is 16.6. The van der Waals surface area contributed by atoms with Crippen LogP contribution in [0.25, 0.3) is 0 Å². The van der Waals surface area contributed by atoms with Gasteiger partial charge in [0.05, 0.1) is 0 Å². The maximum Gasteiger partial charge on any atom is 0.0297 e. The molecule has 1 nitrogen and oxygen atoms in total. The Kier molecular flexibility index (Phi) is 5.67. The summed E-state index contributed by atoms with van der Waals surface area (Å²) in [6, 6.07) is 9.00. The molecule has 16 heavy (non-hydrogen) atoms. The Morgan fingerprint density at radius 1 is 1.31 bits per heavy atom. The zero-order valence-electron chi connectivity index (χ0n) is 9.69. The first-order valence-corrected chi connectivity index (χ1v) is 6.76. The van der Waals surface area contributed by atoms with Gasteiger partial charge in [-0.3, -0.25) is 0 Å². The monoisotopic (exact) mass is 257 g/mol. The van der Waals surface area contributed by atoms with E-state index in [1.54, 1.807) is 0 Å². The summed E-state index contributed by atoms with van der Waals surface area (Å²) in [5.41, 5.74) is 7.45. The molecule has 1 saturated carbocycles. The molecule has 1 aromatic rings. The molecular weight excluding hydrogens is 238 g/mol. The number of benzene rings is 1. The molecule has 0 radical (unpaired) electrons. The third kappa shape index (κ3) is 4.00. The number of hydrogen-bond donors (Lipinski definition) is 1. The van der Waals surface area contributed by atoms with Crippen molar-refractivity contribution in [3.63, 3.8) is 0 Å². The number of hydrogen-bond acceptors (Lipinski definition) is 2. The van der Waals surface area contributed by atoms with Crippen LogP contribution in [0.3, 0.4) is 0 Å². The van der Waals surface area contributed by atoms with Crippen LogP contribution in [0.2, 0.25) is 0 Å². The van der Waals surface area contributed by atoms with E-state index in [2.05, 4.69) is 31.2 Å². The zero-order valence-corrected chi connectivity index (χ0v) is 11.3. The van der Waals surface area contributed by atoms with E-state index in [-0.39, 0.29) is 18.4 Å². The van der Waals surface area contributed by atoms with Crippen molar-refractivity contribution >= 4 is 24.2 Å². The molecule has 90 valence electrons. The summed E-state index contributed by atoms with van der Waals surface area (Å²) in [6.45, 7) is 2.18. The molecule has 0 bridgehead atoms. The van der Waals surface area contributed by atoms with E-state index in [4.69, 9.17) is 5.73 Å². The molecular formula is C13H20ClNS. The number of rotatable bonds is 5. The summed E-state index contributed by atoms with van der Waals surface area (Å²) in [4.78, 5) is 1.35. The fraction of sp³-hybridized carbons (Fsp3) is 0.538. The maximum absolute atomic E-state index is 6.15. The Morgan fingerprint density at radius 2 is 1.94 bits per heavy atom. The van der Waals surface area contributed by atoms with Crippen molar-refractivity contribution < 1.29 is 0 Å². The second kappa shape index (κ2) is 6.53. The molecule has 1 aromatic carbocycles. The molecule has 0 aliphatic heterocycles. The van der Waals surface area contributed by atoms with Crippen LogP contribution in [0.4, 0.5) is 0 Å². The van der Waals surface area contributed by atoms with Gasteiger partial charge in [-0.15, -0.1) is 24.2 Å². The van der Waals surface area contributed by atoms with Gasteiger partial charge in [-0.2, -0.15) is 0 Å². The molecule has 1 aliphatic carbocycles. The van der Waals surface area contributed by atoms with E-state index in [9.17, 15) is 0 Å². The van der Waals surface area contributed by atoms with Crippen molar-refractivity contribution in [1.29, 1.82) is 0 Å². The highest BCUT2D eigenvalue weighted by Crippen LogP contribution is 2.36. The molecule has 0 amide bonds. The van der Waals surface area contributed by atoms with Crippen molar-refractivity contribution in [3.8, 4) is 0 Å². The number of nitrogens with two attached hydrogens (primary N) is 1. The highest BCUT2D eigenvalue weighted by molar-refractivity contribution is 7.99. The molecule has 1 atom stereocenters. The lowest BCUT2D eigenvalue weighted by molar-refractivity contribution is 0.597. The van der Waals surface area contributed by atoms with Gasteiger partial charge in [0.25, 0.3) is 0 Å². The summed E-state index contributed by atoms with van der Waals surface area (Å²) in [6.07, 6.45) is 3.94. The largest absolute Gasteiger partial charge is 0.324 e. The smallest absolute Gasteiger partial charge is 0.0297 e. The van der Waals surface area contributed by atoms with Crippen LogP contribution < -0.4 is 5.73 Å². The minimum atomic E-state index is 0. The van der Waals surface area contributed by atoms with Crippen molar-refractivity contribution in [1.82, 2.24) is 0 Å². The third-order valence-corrected chi connectivity index (χ3v) is 3.80. The average molecular weight is 258 g/mol. The summed E-state index contributed by atoms with van der Waals surface area (Å²) < 4.78 is 0. The standard InChI is InChI=1S/C13H19NS.ClH/c1-2-15-12-7-5-11(6-8-12)13(14)9-10-3-4-10;/h5-8,10,13H,2-4,9,14H2,1H3;1H/t13-;/m1./s1. The van der Waals surface area contributed by atoms with Gasteiger partial charge in [-0.05, 0) is 35.8 Å². The highest BCUT2D eigenvalue weighted by atomic mass is 35.5. The third-order valence-electron chi connectivity index (χ3n) is 2.90. The van der Waals surface area contributed by atoms with Crippen LogP contribution in [-0.2, 0) is 0 Å². The van der Waals surface area contributed by atoms with Gasteiger partial charge in [0.2, 0.25) is 0 Å². The molecule has 0 spiro atoms. The minimum absolute atomic E-state index is 0. The van der Waals surface area contributed by atoms with Gasteiger partial charge < -0.3 is 5.73 Å². The molecule has 3 heteroatoms. The van der Waals surface area contributed by atoms with Crippen molar-refractivity contribution in [2.45, 2.75) is 37.1 Å². The van der Waals surface area contributed by atoms with Crippen LogP contribution in [0.5, 0.6) is 0 Å². The van der Waals surface area contributed by atoms with E-state index < -0.39 is 0 Å².